The third-order valence-electron chi connectivity index (χ3n) is 7.89. The SMILES string of the molecule is CCOC(=O)C1=C(c2ccccc2)N=c2s/c(=C/c3c(-c4ccccc4)[nH]c4ccc(C)cc34)c(=O)n2[C@@H]1c1ccc(Cl)cc1. The number of hydrogen-bond acceptors (Lipinski definition) is 5. The summed E-state index contributed by atoms with van der Waals surface area (Å²) in [5.74, 6) is -0.521. The van der Waals surface area contributed by atoms with Crippen LogP contribution in [0.4, 0.5) is 0 Å². The summed E-state index contributed by atoms with van der Waals surface area (Å²) in [7, 11) is 0. The zero-order valence-electron chi connectivity index (χ0n) is 24.6. The van der Waals surface area contributed by atoms with Crippen LogP contribution in [0.2, 0.25) is 5.02 Å². The first-order valence-corrected chi connectivity index (χ1v) is 15.8. The monoisotopic (exact) mass is 629 g/mol. The third-order valence-corrected chi connectivity index (χ3v) is 9.13. The van der Waals surface area contributed by atoms with Crippen LogP contribution in [-0.2, 0) is 9.53 Å². The van der Waals surface area contributed by atoms with E-state index in [0.29, 0.717) is 25.6 Å². The van der Waals surface area contributed by atoms with Gasteiger partial charge in [-0.15, -0.1) is 0 Å². The van der Waals surface area contributed by atoms with E-state index in [1.807, 2.05) is 66.7 Å². The van der Waals surface area contributed by atoms with E-state index in [4.69, 9.17) is 21.3 Å². The van der Waals surface area contributed by atoms with E-state index in [2.05, 4.69) is 42.2 Å². The minimum absolute atomic E-state index is 0.185. The number of carbonyl (C=O) groups excluding carboxylic acids is 1. The highest BCUT2D eigenvalue weighted by atomic mass is 35.5. The Morgan fingerprint density at radius 2 is 1.67 bits per heavy atom. The van der Waals surface area contributed by atoms with Gasteiger partial charge in [-0.1, -0.05) is 107 Å². The van der Waals surface area contributed by atoms with E-state index in [0.717, 1.165) is 44.4 Å². The van der Waals surface area contributed by atoms with Crippen LogP contribution in [0.3, 0.4) is 0 Å². The second kappa shape index (κ2) is 11.8. The molecule has 1 atom stereocenters. The van der Waals surface area contributed by atoms with Crippen molar-refractivity contribution in [3.63, 3.8) is 0 Å². The van der Waals surface area contributed by atoms with Gasteiger partial charge in [-0.3, -0.25) is 9.36 Å². The molecule has 0 aliphatic carbocycles. The number of benzene rings is 4. The van der Waals surface area contributed by atoms with Crippen LogP contribution in [0.25, 0.3) is 33.9 Å². The van der Waals surface area contributed by atoms with Crippen LogP contribution in [0, 0.1) is 6.92 Å². The van der Waals surface area contributed by atoms with Crippen LogP contribution >= 0.6 is 22.9 Å². The average Bonchev–Trinajstić information content (AvgIpc) is 3.58. The second-order valence-electron chi connectivity index (χ2n) is 10.8. The minimum Gasteiger partial charge on any atom is -0.463 e. The number of thiazole rings is 1. The van der Waals surface area contributed by atoms with Crippen LogP contribution in [-0.4, -0.2) is 22.1 Å². The van der Waals surface area contributed by atoms with Crippen molar-refractivity contribution in [2.45, 2.75) is 19.9 Å². The lowest BCUT2D eigenvalue weighted by molar-refractivity contribution is -0.138. The first-order chi connectivity index (χ1) is 21.9. The largest absolute Gasteiger partial charge is 0.463 e. The van der Waals surface area contributed by atoms with Gasteiger partial charge in [0.1, 0.15) is 0 Å². The molecule has 0 amide bonds. The molecule has 0 bridgehead atoms. The highest BCUT2D eigenvalue weighted by molar-refractivity contribution is 7.07. The van der Waals surface area contributed by atoms with E-state index < -0.39 is 12.0 Å². The van der Waals surface area contributed by atoms with Crippen molar-refractivity contribution in [1.82, 2.24) is 9.55 Å². The number of nitrogens with one attached hydrogen (secondary N) is 1. The van der Waals surface area contributed by atoms with Crippen molar-refractivity contribution >= 4 is 51.6 Å². The van der Waals surface area contributed by atoms with E-state index in [1.54, 1.807) is 23.6 Å². The summed E-state index contributed by atoms with van der Waals surface area (Å²) in [6.07, 6.45) is 1.94. The molecule has 7 rings (SSSR count). The van der Waals surface area contributed by atoms with Gasteiger partial charge < -0.3 is 9.72 Å². The topological polar surface area (TPSA) is 76.4 Å². The molecule has 1 aliphatic rings. The number of nitrogens with zero attached hydrogens (tertiary/aromatic N) is 2. The molecule has 1 N–H and O–H groups in total. The van der Waals surface area contributed by atoms with Crippen LogP contribution < -0.4 is 14.9 Å². The predicted octanol–water partition coefficient (Wildman–Crippen LogP) is 7.05. The molecule has 45 heavy (non-hydrogen) atoms. The fourth-order valence-corrected chi connectivity index (χ4v) is 6.95. The first kappa shape index (κ1) is 28.8. The molecule has 6 nitrogen and oxygen atoms in total. The standard InChI is InChI=1S/C37H28ClN3O3S/c1-3-44-36(43)31-33(24-12-8-5-9-13-24)40-37-41(34(31)25-15-17-26(38)18-16-25)35(42)30(45-37)21-28-27-20-22(2)14-19-29(27)39-32(28)23-10-6-4-7-11-23/h4-21,34,39H,3H2,1-2H3/b30-21+/t34-/m1/s1. The summed E-state index contributed by atoms with van der Waals surface area (Å²) in [6, 6.07) is 32.3. The Hall–Kier alpha value is -4.98. The lowest BCUT2D eigenvalue weighted by Gasteiger charge is -2.25. The number of H-pyrrole nitrogens is 1. The van der Waals surface area contributed by atoms with Crippen LogP contribution in [0.15, 0.2) is 118 Å². The number of aromatic amines is 1. The van der Waals surface area contributed by atoms with Gasteiger partial charge in [0.25, 0.3) is 5.56 Å². The number of fused-ring (bicyclic) bond motifs is 2. The van der Waals surface area contributed by atoms with Crippen molar-refractivity contribution in [3.05, 3.63) is 156 Å². The van der Waals surface area contributed by atoms with Crippen molar-refractivity contribution < 1.29 is 9.53 Å². The maximum atomic E-state index is 14.5. The molecule has 4 aromatic carbocycles. The number of aromatic nitrogens is 2. The summed E-state index contributed by atoms with van der Waals surface area (Å²) in [4.78, 5) is 37.2. The number of carbonyl (C=O) groups is 1. The normalized spacial score (nSPS) is 14.8. The van der Waals surface area contributed by atoms with Gasteiger partial charge in [-0.2, -0.15) is 0 Å². The van der Waals surface area contributed by atoms with E-state index in [1.165, 1.54) is 11.3 Å². The van der Waals surface area contributed by atoms with E-state index in [-0.39, 0.29) is 12.2 Å². The molecule has 0 saturated carbocycles. The number of esters is 1. The van der Waals surface area contributed by atoms with Crippen molar-refractivity contribution in [3.8, 4) is 11.3 Å². The summed E-state index contributed by atoms with van der Waals surface area (Å²) < 4.78 is 7.69. The van der Waals surface area contributed by atoms with E-state index in [9.17, 15) is 9.59 Å². The van der Waals surface area contributed by atoms with E-state index >= 15 is 0 Å². The first-order valence-electron chi connectivity index (χ1n) is 14.6. The Kier molecular flexibility index (Phi) is 7.57. The lowest BCUT2D eigenvalue weighted by atomic mass is 9.93. The molecular weight excluding hydrogens is 602 g/mol. The van der Waals surface area contributed by atoms with Gasteiger partial charge in [0.15, 0.2) is 4.80 Å². The van der Waals surface area contributed by atoms with Crippen molar-refractivity contribution in [2.24, 2.45) is 4.99 Å². The van der Waals surface area contributed by atoms with Crippen molar-refractivity contribution in [2.75, 3.05) is 6.61 Å². The molecule has 3 heterocycles. The molecule has 0 fully saturated rings. The Balaban J connectivity index is 1.53. The summed E-state index contributed by atoms with van der Waals surface area (Å²) >= 11 is 7.57. The summed E-state index contributed by atoms with van der Waals surface area (Å²) in [5, 5.41) is 1.57. The Morgan fingerprint density at radius 1 is 0.978 bits per heavy atom. The number of halogens is 1. The molecule has 0 unspecified atom stereocenters. The molecule has 0 saturated heterocycles. The molecular formula is C37H28ClN3O3S. The molecule has 222 valence electrons. The van der Waals surface area contributed by atoms with Crippen LogP contribution in [0.1, 0.15) is 35.2 Å². The Morgan fingerprint density at radius 3 is 2.36 bits per heavy atom. The fourth-order valence-electron chi connectivity index (χ4n) is 5.84. The van der Waals surface area contributed by atoms with Gasteiger partial charge in [-0.25, -0.2) is 9.79 Å². The Bertz CT molecular complexity index is 2280. The quantitative estimate of drug-likeness (QED) is 0.201. The van der Waals surface area contributed by atoms with Gasteiger partial charge in [-0.05, 0) is 55.3 Å². The van der Waals surface area contributed by atoms with Gasteiger partial charge in [0.05, 0.1) is 34.1 Å². The minimum atomic E-state index is -0.770. The summed E-state index contributed by atoms with van der Waals surface area (Å²) in [6.45, 7) is 4.01. The smallest absolute Gasteiger partial charge is 0.338 e. The maximum absolute atomic E-state index is 14.5. The molecule has 1 aliphatic heterocycles. The molecule has 8 heteroatoms. The zero-order chi connectivity index (χ0) is 31.1. The highest BCUT2D eigenvalue weighted by Crippen LogP contribution is 2.36. The average molecular weight is 630 g/mol. The number of rotatable bonds is 6. The maximum Gasteiger partial charge on any atom is 0.338 e. The van der Waals surface area contributed by atoms with Gasteiger partial charge in [0, 0.05) is 27.1 Å². The van der Waals surface area contributed by atoms with Crippen molar-refractivity contribution in [1.29, 1.82) is 0 Å². The zero-order valence-corrected chi connectivity index (χ0v) is 26.2. The summed E-state index contributed by atoms with van der Waals surface area (Å²) in [5.41, 5.74) is 6.98. The number of ether oxygens (including phenoxy) is 1. The lowest BCUT2D eigenvalue weighted by Crippen LogP contribution is -2.40. The third kappa shape index (κ3) is 5.24. The fraction of sp³-hybridized carbons (Fsp3) is 0.108. The molecule has 0 spiro atoms. The van der Waals surface area contributed by atoms with Gasteiger partial charge >= 0.3 is 5.97 Å². The molecule has 6 aromatic rings. The molecule has 0 radical (unpaired) electrons. The van der Waals surface area contributed by atoms with Gasteiger partial charge in [0.2, 0.25) is 0 Å². The molecule has 2 aromatic heterocycles. The highest BCUT2D eigenvalue weighted by Gasteiger charge is 2.35. The predicted molar refractivity (Wildman–Crippen MR) is 181 cm³/mol. The number of aryl methyl sites for hydroxylation is 1. The second-order valence-corrected chi connectivity index (χ2v) is 12.3. The Labute approximate surface area is 268 Å². The number of hydrogen-bond donors (Lipinski definition) is 1. The van der Waals surface area contributed by atoms with Crippen LogP contribution in [0.5, 0.6) is 0 Å².